The number of carbonyl (C=O) groups is 2. The first-order chi connectivity index (χ1) is 12.0. The van der Waals surface area contributed by atoms with Gasteiger partial charge in [-0.25, -0.2) is 0 Å². The van der Waals surface area contributed by atoms with E-state index in [0.717, 1.165) is 24.7 Å². The fourth-order valence-corrected chi connectivity index (χ4v) is 3.02. The van der Waals surface area contributed by atoms with E-state index in [0.29, 0.717) is 13.1 Å². The van der Waals surface area contributed by atoms with Gasteiger partial charge in [0, 0.05) is 50.9 Å². The lowest BCUT2D eigenvalue weighted by Crippen LogP contribution is -2.32. The highest BCUT2D eigenvalue weighted by molar-refractivity contribution is 5.91. The van der Waals surface area contributed by atoms with E-state index < -0.39 is 0 Å². The van der Waals surface area contributed by atoms with Crippen LogP contribution < -0.4 is 10.2 Å². The van der Waals surface area contributed by atoms with Gasteiger partial charge in [-0.1, -0.05) is 13.0 Å². The maximum Gasteiger partial charge on any atom is 0.226 e. The van der Waals surface area contributed by atoms with Crippen molar-refractivity contribution in [3.63, 3.8) is 0 Å². The third kappa shape index (κ3) is 5.93. The van der Waals surface area contributed by atoms with Crippen molar-refractivity contribution < 1.29 is 9.59 Å². The summed E-state index contributed by atoms with van der Waals surface area (Å²) < 4.78 is 0. The van der Waals surface area contributed by atoms with Crippen molar-refractivity contribution in [2.24, 2.45) is 5.92 Å². The molecule has 1 heterocycles. The van der Waals surface area contributed by atoms with Crippen LogP contribution in [0.15, 0.2) is 36.9 Å². The highest BCUT2D eigenvalue weighted by Crippen LogP contribution is 2.24. The fraction of sp³-hybridized carbons (Fsp3) is 0.500. The van der Waals surface area contributed by atoms with Crippen LogP contribution in [0.5, 0.6) is 0 Å². The standard InChI is InChI=1S/C20H29N3O2/c1-4-12-22(17(3)24)15-11-20(25)21-18-5-7-19(8-6-18)23-13-9-16(2)10-14-23/h4-8,16H,1,9-15H2,2-3H3,(H,21,25). The second-order valence-electron chi connectivity index (χ2n) is 6.77. The van der Waals surface area contributed by atoms with Gasteiger partial charge in [-0.3, -0.25) is 9.59 Å². The summed E-state index contributed by atoms with van der Waals surface area (Å²) in [6.45, 7) is 10.5. The molecule has 0 aromatic heterocycles. The lowest BCUT2D eigenvalue weighted by atomic mass is 9.99. The van der Waals surface area contributed by atoms with Gasteiger partial charge in [0.25, 0.3) is 0 Å². The van der Waals surface area contributed by atoms with Crippen LogP contribution in [0.25, 0.3) is 0 Å². The van der Waals surface area contributed by atoms with Crippen molar-refractivity contribution in [2.75, 3.05) is 36.4 Å². The second kappa shape index (κ2) is 9.25. The first-order valence-electron chi connectivity index (χ1n) is 9.01. The molecule has 1 fully saturated rings. The van der Waals surface area contributed by atoms with Crippen molar-refractivity contribution in [3.8, 4) is 0 Å². The molecule has 0 aliphatic carbocycles. The molecule has 25 heavy (non-hydrogen) atoms. The van der Waals surface area contributed by atoms with Crippen molar-refractivity contribution in [1.82, 2.24) is 4.90 Å². The highest BCUT2D eigenvalue weighted by Gasteiger charge is 2.16. The monoisotopic (exact) mass is 343 g/mol. The lowest BCUT2D eigenvalue weighted by molar-refractivity contribution is -0.128. The number of hydrogen-bond donors (Lipinski definition) is 1. The smallest absolute Gasteiger partial charge is 0.226 e. The maximum absolute atomic E-state index is 12.1. The minimum atomic E-state index is -0.0881. The third-order valence-electron chi connectivity index (χ3n) is 4.70. The van der Waals surface area contributed by atoms with E-state index in [1.165, 1.54) is 25.5 Å². The SMILES string of the molecule is C=CCN(CCC(=O)Nc1ccc(N2CCC(C)CC2)cc1)C(C)=O. The minimum absolute atomic E-state index is 0.0482. The number of anilines is 2. The molecule has 2 amide bonds. The Morgan fingerprint density at radius 2 is 1.92 bits per heavy atom. The molecule has 136 valence electrons. The Morgan fingerprint density at radius 1 is 1.28 bits per heavy atom. The maximum atomic E-state index is 12.1. The summed E-state index contributed by atoms with van der Waals surface area (Å²) in [7, 11) is 0. The van der Waals surface area contributed by atoms with Crippen LogP contribution in [0.4, 0.5) is 11.4 Å². The quantitative estimate of drug-likeness (QED) is 0.773. The van der Waals surface area contributed by atoms with Gasteiger partial charge in [0.05, 0.1) is 0 Å². The summed E-state index contributed by atoms with van der Waals surface area (Å²) in [6, 6.07) is 8.01. The Bertz CT molecular complexity index is 589. The molecule has 1 aliphatic rings. The third-order valence-corrected chi connectivity index (χ3v) is 4.70. The average molecular weight is 343 g/mol. The summed E-state index contributed by atoms with van der Waals surface area (Å²) in [6.07, 6.45) is 4.41. The van der Waals surface area contributed by atoms with Gasteiger partial charge in [0.15, 0.2) is 0 Å². The molecule has 0 bridgehead atoms. The van der Waals surface area contributed by atoms with E-state index in [1.807, 2.05) is 12.1 Å². The number of rotatable bonds is 7. The molecule has 0 saturated carbocycles. The van der Waals surface area contributed by atoms with Crippen molar-refractivity contribution >= 4 is 23.2 Å². The van der Waals surface area contributed by atoms with Crippen LogP contribution >= 0.6 is 0 Å². The van der Waals surface area contributed by atoms with E-state index in [4.69, 9.17) is 0 Å². The second-order valence-corrected chi connectivity index (χ2v) is 6.77. The van der Waals surface area contributed by atoms with E-state index >= 15 is 0 Å². The molecule has 1 aliphatic heterocycles. The molecule has 0 spiro atoms. The Hall–Kier alpha value is -2.30. The van der Waals surface area contributed by atoms with Crippen LogP contribution in [-0.4, -0.2) is 42.9 Å². The Kier molecular flexibility index (Phi) is 7.04. The summed E-state index contributed by atoms with van der Waals surface area (Å²) in [5.74, 6) is 0.674. The number of carbonyl (C=O) groups excluding carboxylic acids is 2. The first kappa shape index (κ1) is 19.0. The largest absolute Gasteiger partial charge is 0.372 e. The topological polar surface area (TPSA) is 52.7 Å². The zero-order valence-corrected chi connectivity index (χ0v) is 15.3. The zero-order valence-electron chi connectivity index (χ0n) is 15.3. The predicted octanol–water partition coefficient (Wildman–Crippen LogP) is 3.29. The normalized spacial score (nSPS) is 14.9. The van der Waals surface area contributed by atoms with Crippen molar-refractivity contribution in [3.05, 3.63) is 36.9 Å². The molecular weight excluding hydrogens is 314 g/mol. The molecule has 0 atom stereocenters. The van der Waals surface area contributed by atoms with Gasteiger partial charge in [0.2, 0.25) is 11.8 Å². The Balaban J connectivity index is 1.83. The van der Waals surface area contributed by atoms with Gasteiger partial charge >= 0.3 is 0 Å². The van der Waals surface area contributed by atoms with Gasteiger partial charge in [-0.15, -0.1) is 6.58 Å². The van der Waals surface area contributed by atoms with Crippen LogP contribution in [0.1, 0.15) is 33.1 Å². The van der Waals surface area contributed by atoms with Crippen molar-refractivity contribution in [1.29, 1.82) is 0 Å². The zero-order chi connectivity index (χ0) is 18.2. The van der Waals surface area contributed by atoms with Crippen LogP contribution in [-0.2, 0) is 9.59 Å². The number of nitrogens with one attached hydrogen (secondary N) is 1. The summed E-state index contributed by atoms with van der Waals surface area (Å²) in [5.41, 5.74) is 2.00. The summed E-state index contributed by atoms with van der Waals surface area (Å²) in [4.78, 5) is 27.5. The fourth-order valence-electron chi connectivity index (χ4n) is 3.02. The summed E-state index contributed by atoms with van der Waals surface area (Å²) >= 11 is 0. The summed E-state index contributed by atoms with van der Waals surface area (Å²) in [5, 5.41) is 2.89. The molecule has 1 aromatic rings. The predicted molar refractivity (Wildman–Crippen MR) is 103 cm³/mol. The molecule has 2 rings (SSSR count). The highest BCUT2D eigenvalue weighted by atomic mass is 16.2. The van der Waals surface area contributed by atoms with E-state index in [-0.39, 0.29) is 18.2 Å². The molecular formula is C20H29N3O2. The molecule has 1 saturated heterocycles. The van der Waals surface area contributed by atoms with Crippen LogP contribution in [0.2, 0.25) is 0 Å². The van der Waals surface area contributed by atoms with E-state index in [1.54, 1.807) is 11.0 Å². The van der Waals surface area contributed by atoms with Gasteiger partial charge in [0.1, 0.15) is 0 Å². The van der Waals surface area contributed by atoms with Crippen molar-refractivity contribution in [2.45, 2.75) is 33.1 Å². The van der Waals surface area contributed by atoms with Gasteiger partial charge in [-0.05, 0) is 43.0 Å². The van der Waals surface area contributed by atoms with Gasteiger partial charge in [-0.2, -0.15) is 0 Å². The average Bonchev–Trinajstić information content (AvgIpc) is 2.60. The number of piperidine rings is 1. The molecule has 0 radical (unpaired) electrons. The van der Waals surface area contributed by atoms with Gasteiger partial charge < -0.3 is 15.1 Å². The molecule has 5 heteroatoms. The van der Waals surface area contributed by atoms with Crippen LogP contribution in [0.3, 0.4) is 0 Å². The number of benzene rings is 1. The minimum Gasteiger partial charge on any atom is -0.372 e. The first-order valence-corrected chi connectivity index (χ1v) is 9.01. The van der Waals surface area contributed by atoms with Crippen LogP contribution in [0, 0.1) is 5.92 Å². The Morgan fingerprint density at radius 3 is 2.48 bits per heavy atom. The molecule has 1 N–H and O–H groups in total. The molecule has 5 nitrogen and oxygen atoms in total. The van der Waals surface area contributed by atoms with E-state index in [2.05, 4.69) is 35.9 Å². The molecule has 0 unspecified atom stereocenters. The Labute approximate surface area is 150 Å². The lowest BCUT2D eigenvalue weighted by Gasteiger charge is -2.32. The number of hydrogen-bond acceptors (Lipinski definition) is 3. The number of nitrogens with zero attached hydrogens (tertiary/aromatic N) is 2. The number of amides is 2. The van der Waals surface area contributed by atoms with E-state index in [9.17, 15) is 9.59 Å². The molecule has 1 aromatic carbocycles.